The molecule has 0 fully saturated rings. The quantitative estimate of drug-likeness (QED) is 0.657. The van der Waals surface area contributed by atoms with Crippen molar-refractivity contribution >= 4 is 51.5 Å². The van der Waals surface area contributed by atoms with Crippen LogP contribution in [0.1, 0.15) is 21.5 Å². The first kappa shape index (κ1) is 19.4. The normalized spacial score (nSPS) is 17.6. The van der Waals surface area contributed by atoms with Crippen molar-refractivity contribution in [2.75, 3.05) is 0 Å². The number of nitrogens with zero attached hydrogens (tertiary/aromatic N) is 3. The first-order chi connectivity index (χ1) is 14.6. The number of hydrogen-bond acceptors (Lipinski definition) is 6. The largest absolute Gasteiger partial charge is 0.298 e. The molecular weight excluding hydrogens is 436 g/mol. The van der Waals surface area contributed by atoms with Gasteiger partial charge in [0.25, 0.3) is 5.91 Å². The van der Waals surface area contributed by atoms with E-state index in [1.54, 1.807) is 16.3 Å². The van der Waals surface area contributed by atoms with Crippen LogP contribution in [0, 0.1) is 6.92 Å². The van der Waals surface area contributed by atoms with Gasteiger partial charge in [-0.25, -0.2) is 5.01 Å². The molecule has 30 heavy (non-hydrogen) atoms. The maximum absolute atomic E-state index is 13.1. The van der Waals surface area contributed by atoms with Crippen LogP contribution in [-0.2, 0) is 10.5 Å². The zero-order valence-corrected chi connectivity index (χ0v) is 18.4. The summed E-state index contributed by atoms with van der Waals surface area (Å²) in [6.45, 7) is 2.06. The van der Waals surface area contributed by atoms with Crippen LogP contribution < -0.4 is 15.9 Å². The first-order valence-electron chi connectivity index (χ1n) is 9.38. The van der Waals surface area contributed by atoms with Crippen LogP contribution in [0.4, 0.5) is 0 Å². The number of para-hydroxylation sites is 1. The molecule has 0 spiro atoms. The van der Waals surface area contributed by atoms with Gasteiger partial charge in [-0.2, -0.15) is 0 Å². The van der Waals surface area contributed by atoms with Crippen molar-refractivity contribution in [1.29, 1.82) is 0 Å². The molecule has 0 aliphatic carbocycles. The van der Waals surface area contributed by atoms with Gasteiger partial charge in [0.2, 0.25) is 0 Å². The molecule has 1 N–H and O–H groups in total. The Balaban J connectivity index is 1.54. The third-order valence-corrected chi connectivity index (χ3v) is 7.05. The van der Waals surface area contributed by atoms with Crippen molar-refractivity contribution in [1.82, 2.24) is 10.3 Å². The highest BCUT2D eigenvalue weighted by Crippen LogP contribution is 2.34. The Hall–Kier alpha value is -2.61. The average molecular weight is 453 g/mol. The number of hydrazone groups is 1. The highest BCUT2D eigenvalue weighted by Gasteiger charge is 2.34. The number of carbonyl (C=O) groups excluding carboxylic acids is 1. The van der Waals surface area contributed by atoms with Crippen LogP contribution in [0.3, 0.4) is 0 Å². The van der Waals surface area contributed by atoms with E-state index in [1.807, 2.05) is 48.5 Å². The van der Waals surface area contributed by atoms with Gasteiger partial charge in [0.05, 0.1) is 10.2 Å². The Morgan fingerprint density at radius 1 is 1.13 bits per heavy atom. The molecule has 1 aromatic heterocycles. The van der Waals surface area contributed by atoms with E-state index in [0.717, 1.165) is 21.0 Å². The second-order valence-electron chi connectivity index (χ2n) is 6.94. The molecule has 5 rings (SSSR count). The topological polar surface area (TPSA) is 57.1 Å². The van der Waals surface area contributed by atoms with Crippen LogP contribution in [0.5, 0.6) is 0 Å². The number of thiophene rings is 1. The van der Waals surface area contributed by atoms with E-state index in [4.69, 9.17) is 21.7 Å². The number of carbonyl (C=O) groups is 1. The highest BCUT2D eigenvalue weighted by molar-refractivity contribution is 8.13. The van der Waals surface area contributed by atoms with Crippen LogP contribution in [0.15, 0.2) is 70.8 Å². The molecule has 2 aliphatic rings. The van der Waals surface area contributed by atoms with Gasteiger partial charge in [-0.15, -0.1) is 16.4 Å². The fraction of sp³-hybridized carbons (Fsp3) is 0.136. The molecule has 0 bridgehead atoms. The van der Waals surface area contributed by atoms with Crippen molar-refractivity contribution in [2.24, 2.45) is 10.1 Å². The summed E-state index contributed by atoms with van der Waals surface area (Å²) in [4.78, 5) is 20.3. The lowest BCUT2D eigenvalue weighted by Crippen LogP contribution is -2.50. The smallest absolute Gasteiger partial charge is 0.276 e. The zero-order chi connectivity index (χ0) is 20.7. The molecule has 3 heterocycles. The molecule has 2 aliphatic heterocycles. The molecule has 1 atom stereocenters. The molecule has 0 radical (unpaired) electrons. The van der Waals surface area contributed by atoms with Gasteiger partial charge in [0.1, 0.15) is 5.70 Å². The van der Waals surface area contributed by atoms with E-state index in [1.165, 1.54) is 16.6 Å². The van der Waals surface area contributed by atoms with Crippen molar-refractivity contribution in [3.05, 3.63) is 91.6 Å². The van der Waals surface area contributed by atoms with Gasteiger partial charge in [-0.05, 0) is 42.8 Å². The highest BCUT2D eigenvalue weighted by atomic mass is 35.5. The zero-order valence-electron chi connectivity index (χ0n) is 16.0. The SMILES string of the molecule is Cc1ccc([C@@H]2N=c3ccccc3=C3C(=O)NC(SCc4ccc(Cl)cc4)=NN32)s1. The van der Waals surface area contributed by atoms with Gasteiger partial charge in [-0.1, -0.05) is 53.7 Å². The summed E-state index contributed by atoms with van der Waals surface area (Å²) in [6, 6.07) is 19.5. The van der Waals surface area contributed by atoms with Gasteiger partial charge in [0, 0.05) is 20.9 Å². The van der Waals surface area contributed by atoms with E-state index >= 15 is 0 Å². The molecule has 8 heteroatoms. The van der Waals surface area contributed by atoms with E-state index in [0.29, 0.717) is 21.6 Å². The number of halogens is 1. The minimum absolute atomic E-state index is 0.163. The summed E-state index contributed by atoms with van der Waals surface area (Å²) in [5.74, 6) is 0.514. The Bertz CT molecular complexity index is 1280. The third-order valence-electron chi connectivity index (χ3n) is 4.82. The predicted octanol–water partition coefficient (Wildman–Crippen LogP) is 3.79. The molecule has 5 nitrogen and oxygen atoms in total. The molecular formula is C22H17ClN4OS2. The number of nitrogens with one attached hydrogen (secondary N) is 1. The first-order valence-corrected chi connectivity index (χ1v) is 11.6. The number of rotatable bonds is 3. The second kappa shape index (κ2) is 7.91. The van der Waals surface area contributed by atoms with Crippen molar-refractivity contribution in [3.8, 4) is 0 Å². The van der Waals surface area contributed by atoms with Gasteiger partial charge in [-0.3, -0.25) is 15.1 Å². The molecule has 0 unspecified atom stereocenters. The Labute approximate surface area is 186 Å². The summed E-state index contributed by atoms with van der Waals surface area (Å²) in [6.07, 6.45) is -0.356. The number of thioether (sulfide) groups is 1. The fourth-order valence-corrected chi connectivity index (χ4v) is 5.24. The lowest BCUT2D eigenvalue weighted by Gasteiger charge is -2.33. The lowest BCUT2D eigenvalue weighted by atomic mass is 10.1. The van der Waals surface area contributed by atoms with Crippen LogP contribution in [0.2, 0.25) is 5.02 Å². The lowest BCUT2D eigenvalue weighted by molar-refractivity contribution is -0.116. The summed E-state index contributed by atoms with van der Waals surface area (Å²) in [5.41, 5.74) is 1.64. The molecule has 150 valence electrons. The molecule has 0 saturated heterocycles. The van der Waals surface area contributed by atoms with Gasteiger partial charge >= 0.3 is 0 Å². The van der Waals surface area contributed by atoms with Crippen molar-refractivity contribution in [2.45, 2.75) is 18.8 Å². The van der Waals surface area contributed by atoms with Crippen LogP contribution in [-0.4, -0.2) is 16.1 Å². The summed E-state index contributed by atoms with van der Waals surface area (Å²) >= 11 is 9.12. The van der Waals surface area contributed by atoms with Crippen LogP contribution in [0.25, 0.3) is 5.70 Å². The monoisotopic (exact) mass is 452 g/mol. The van der Waals surface area contributed by atoms with E-state index < -0.39 is 0 Å². The van der Waals surface area contributed by atoms with Gasteiger partial charge in [0.15, 0.2) is 11.3 Å². The summed E-state index contributed by atoms with van der Waals surface area (Å²) in [7, 11) is 0. The number of benzene rings is 2. The Morgan fingerprint density at radius 3 is 2.70 bits per heavy atom. The van der Waals surface area contributed by atoms with E-state index in [-0.39, 0.29) is 12.1 Å². The van der Waals surface area contributed by atoms with Crippen LogP contribution >= 0.6 is 34.7 Å². The molecule has 2 aromatic carbocycles. The minimum atomic E-state index is -0.356. The number of amides is 1. The van der Waals surface area contributed by atoms with E-state index in [2.05, 4.69) is 24.4 Å². The number of fused-ring (bicyclic) bond motifs is 2. The maximum Gasteiger partial charge on any atom is 0.276 e. The van der Waals surface area contributed by atoms with E-state index in [9.17, 15) is 4.79 Å². The second-order valence-corrected chi connectivity index (χ2v) is 9.66. The number of aryl methyl sites for hydroxylation is 1. The third kappa shape index (κ3) is 3.64. The predicted molar refractivity (Wildman–Crippen MR) is 123 cm³/mol. The fourth-order valence-electron chi connectivity index (χ4n) is 3.40. The molecule has 0 saturated carbocycles. The summed E-state index contributed by atoms with van der Waals surface area (Å²) in [5, 5.41) is 12.4. The summed E-state index contributed by atoms with van der Waals surface area (Å²) < 4.78 is 0. The molecule has 3 aromatic rings. The van der Waals surface area contributed by atoms with Crippen molar-refractivity contribution in [3.63, 3.8) is 0 Å². The Morgan fingerprint density at radius 2 is 1.93 bits per heavy atom. The molecule has 1 amide bonds. The van der Waals surface area contributed by atoms with Gasteiger partial charge < -0.3 is 0 Å². The number of hydrogen-bond donors (Lipinski definition) is 1. The number of amidine groups is 1. The Kier molecular flexibility index (Phi) is 5.10. The maximum atomic E-state index is 13.1. The average Bonchev–Trinajstić information content (AvgIpc) is 3.18. The van der Waals surface area contributed by atoms with Crippen molar-refractivity contribution < 1.29 is 4.79 Å². The minimum Gasteiger partial charge on any atom is -0.298 e. The standard InChI is InChI=1S/C22H17ClN4OS2/c1-13-6-11-18(30-13)20-24-17-5-3-2-4-16(17)19-21(28)25-22(26-27(19)20)29-12-14-7-9-15(23)10-8-14/h2-11,20H,12H2,1H3,(H,25,26,28)/t20-/m1/s1.